The smallest absolute Gasteiger partial charge is 0.408 e. The zero-order chi connectivity index (χ0) is 19.2. The van der Waals surface area contributed by atoms with Crippen LogP contribution >= 0.6 is 11.6 Å². The Bertz CT molecular complexity index is 1040. The quantitative estimate of drug-likeness (QED) is 0.767. The number of amides is 1. The van der Waals surface area contributed by atoms with Crippen LogP contribution in [-0.4, -0.2) is 47.4 Å². The summed E-state index contributed by atoms with van der Waals surface area (Å²) in [4.78, 5) is 27.1. The van der Waals surface area contributed by atoms with E-state index in [2.05, 4.69) is 0 Å². The molecule has 0 bridgehead atoms. The highest BCUT2D eigenvalue weighted by Gasteiger charge is 2.39. The molecule has 0 radical (unpaired) electrons. The summed E-state index contributed by atoms with van der Waals surface area (Å²) in [6.07, 6.45) is 4.26. The molecule has 0 spiro atoms. The average molecular weight is 413 g/mol. The van der Waals surface area contributed by atoms with Crippen LogP contribution in [0.15, 0.2) is 27.4 Å². The second kappa shape index (κ2) is 6.98. The number of aromatic nitrogens is 1. The van der Waals surface area contributed by atoms with E-state index in [0.717, 1.165) is 25.7 Å². The van der Waals surface area contributed by atoms with Gasteiger partial charge in [0, 0.05) is 23.2 Å². The maximum absolute atomic E-state index is 13.2. The van der Waals surface area contributed by atoms with E-state index in [1.165, 1.54) is 10.6 Å². The second-order valence-electron chi connectivity index (χ2n) is 7.36. The first-order valence-corrected chi connectivity index (χ1v) is 11.3. The van der Waals surface area contributed by atoms with Gasteiger partial charge in [-0.3, -0.25) is 9.36 Å². The van der Waals surface area contributed by atoms with Crippen LogP contribution in [0, 0.1) is 0 Å². The van der Waals surface area contributed by atoms with Gasteiger partial charge in [-0.2, -0.15) is 0 Å². The van der Waals surface area contributed by atoms with Crippen LogP contribution in [0.4, 0.5) is 0 Å². The summed E-state index contributed by atoms with van der Waals surface area (Å²) >= 11 is 5.93. The van der Waals surface area contributed by atoms with Crippen LogP contribution in [0.5, 0.6) is 0 Å². The number of oxazole rings is 1. The van der Waals surface area contributed by atoms with Gasteiger partial charge < -0.3 is 9.32 Å². The van der Waals surface area contributed by atoms with Crippen LogP contribution in [0.1, 0.15) is 32.1 Å². The predicted octanol–water partition coefficient (Wildman–Crippen LogP) is 2.21. The fourth-order valence-corrected chi connectivity index (χ4v) is 6.16. The Balaban J connectivity index is 1.64. The second-order valence-corrected chi connectivity index (χ2v) is 10.0. The molecular formula is C18H21ClN2O5S. The Morgan fingerprint density at radius 1 is 1.22 bits per heavy atom. The van der Waals surface area contributed by atoms with Gasteiger partial charge in [0.1, 0.15) is 6.54 Å². The Hall–Kier alpha value is -1.80. The summed E-state index contributed by atoms with van der Waals surface area (Å²) in [5.41, 5.74) is 0.833. The molecule has 0 N–H and O–H groups in total. The SMILES string of the molecule is O=C(Cn1c(=O)oc2cc(Cl)ccc21)N(C1CCCC1)[C@H]1CCS(=O)(=O)C1. The largest absolute Gasteiger partial charge is 0.420 e. The summed E-state index contributed by atoms with van der Waals surface area (Å²) in [5, 5.41) is 0.443. The standard InChI is InChI=1S/C18H21ClN2O5S/c19-12-5-6-15-16(9-12)26-18(23)20(15)10-17(22)21(13-3-1-2-4-13)14-7-8-27(24,25)11-14/h5-6,9,13-14H,1-4,7-8,10-11H2/t14-/m0/s1. The van der Waals surface area contributed by atoms with Crippen molar-refractivity contribution in [3.63, 3.8) is 0 Å². The lowest BCUT2D eigenvalue weighted by molar-refractivity contribution is -0.136. The molecule has 7 nitrogen and oxygen atoms in total. The van der Waals surface area contributed by atoms with Gasteiger partial charge in [0.15, 0.2) is 15.4 Å². The number of carbonyl (C=O) groups excluding carboxylic acids is 1. The Kier molecular flexibility index (Phi) is 4.80. The molecule has 1 aromatic carbocycles. The first kappa shape index (κ1) is 18.6. The van der Waals surface area contributed by atoms with Gasteiger partial charge in [0.05, 0.1) is 17.0 Å². The van der Waals surface area contributed by atoms with E-state index in [1.54, 1.807) is 17.0 Å². The van der Waals surface area contributed by atoms with Gasteiger partial charge in [-0.25, -0.2) is 13.2 Å². The minimum atomic E-state index is -3.11. The zero-order valence-corrected chi connectivity index (χ0v) is 16.3. The third-order valence-electron chi connectivity index (χ3n) is 5.53. The third-order valence-corrected chi connectivity index (χ3v) is 7.52. The average Bonchev–Trinajstić information content (AvgIpc) is 3.29. The van der Waals surface area contributed by atoms with Crippen LogP contribution in [0.3, 0.4) is 0 Å². The molecule has 1 aliphatic carbocycles. The van der Waals surface area contributed by atoms with Gasteiger partial charge in [0.25, 0.3) is 0 Å². The molecular weight excluding hydrogens is 392 g/mol. The molecule has 2 fully saturated rings. The number of carbonyl (C=O) groups is 1. The first-order chi connectivity index (χ1) is 12.8. The molecule has 146 valence electrons. The molecule has 1 aliphatic heterocycles. The highest BCUT2D eigenvalue weighted by molar-refractivity contribution is 7.91. The molecule has 1 atom stereocenters. The van der Waals surface area contributed by atoms with Crippen molar-refractivity contribution in [2.24, 2.45) is 0 Å². The fourth-order valence-electron chi connectivity index (χ4n) is 4.29. The summed E-state index contributed by atoms with van der Waals surface area (Å²) in [5.74, 6) is -0.734. The van der Waals surface area contributed by atoms with Crippen molar-refractivity contribution in [3.8, 4) is 0 Å². The molecule has 9 heteroatoms. The van der Waals surface area contributed by atoms with Crippen molar-refractivity contribution >= 4 is 38.4 Å². The van der Waals surface area contributed by atoms with Crippen LogP contribution in [-0.2, 0) is 21.2 Å². The Labute approximate surface area is 161 Å². The molecule has 2 aromatic rings. The van der Waals surface area contributed by atoms with Crippen molar-refractivity contribution < 1.29 is 17.6 Å². The summed E-state index contributed by atoms with van der Waals surface area (Å²) in [7, 11) is -3.11. The minimum absolute atomic E-state index is 0.00583. The topological polar surface area (TPSA) is 89.6 Å². The Morgan fingerprint density at radius 3 is 2.63 bits per heavy atom. The van der Waals surface area contributed by atoms with Crippen LogP contribution < -0.4 is 5.76 Å². The van der Waals surface area contributed by atoms with E-state index in [0.29, 0.717) is 22.5 Å². The van der Waals surface area contributed by atoms with Crippen LogP contribution in [0.25, 0.3) is 11.1 Å². The highest BCUT2D eigenvalue weighted by atomic mass is 35.5. The van der Waals surface area contributed by atoms with Crippen molar-refractivity contribution in [2.45, 2.75) is 50.7 Å². The van der Waals surface area contributed by atoms with Crippen molar-refractivity contribution in [3.05, 3.63) is 33.8 Å². The Morgan fingerprint density at radius 2 is 1.96 bits per heavy atom. The van der Waals surface area contributed by atoms with E-state index in [4.69, 9.17) is 16.0 Å². The van der Waals surface area contributed by atoms with E-state index >= 15 is 0 Å². The van der Waals surface area contributed by atoms with Gasteiger partial charge >= 0.3 is 5.76 Å². The van der Waals surface area contributed by atoms with Gasteiger partial charge in [-0.15, -0.1) is 0 Å². The maximum Gasteiger partial charge on any atom is 0.420 e. The number of halogens is 1. The lowest BCUT2D eigenvalue weighted by atomic mass is 10.1. The van der Waals surface area contributed by atoms with E-state index in [9.17, 15) is 18.0 Å². The van der Waals surface area contributed by atoms with Crippen molar-refractivity contribution in [2.75, 3.05) is 11.5 Å². The summed E-state index contributed by atoms with van der Waals surface area (Å²) in [6, 6.07) is 4.55. The number of nitrogens with zero attached hydrogens (tertiary/aromatic N) is 2. The minimum Gasteiger partial charge on any atom is -0.408 e. The number of fused-ring (bicyclic) bond motifs is 1. The van der Waals surface area contributed by atoms with Crippen molar-refractivity contribution in [1.82, 2.24) is 9.47 Å². The number of hydrogen-bond donors (Lipinski definition) is 0. The van der Waals surface area contributed by atoms with Crippen LogP contribution in [0.2, 0.25) is 5.02 Å². The fraction of sp³-hybridized carbons (Fsp3) is 0.556. The molecule has 2 aliphatic rings. The molecule has 0 unspecified atom stereocenters. The van der Waals surface area contributed by atoms with E-state index in [1.807, 2.05) is 0 Å². The molecule has 2 heterocycles. The molecule has 1 saturated heterocycles. The summed E-state index contributed by atoms with van der Waals surface area (Å²) in [6.45, 7) is -0.166. The number of rotatable bonds is 4. The lowest BCUT2D eigenvalue weighted by Gasteiger charge is -2.34. The maximum atomic E-state index is 13.2. The highest BCUT2D eigenvalue weighted by Crippen LogP contribution is 2.29. The van der Waals surface area contributed by atoms with Gasteiger partial charge in [0.2, 0.25) is 5.91 Å². The first-order valence-electron chi connectivity index (χ1n) is 9.14. The number of benzene rings is 1. The predicted molar refractivity (Wildman–Crippen MR) is 102 cm³/mol. The molecule has 4 rings (SSSR count). The van der Waals surface area contributed by atoms with E-state index in [-0.39, 0.29) is 36.0 Å². The summed E-state index contributed by atoms with van der Waals surface area (Å²) < 4.78 is 30.4. The number of sulfone groups is 1. The lowest BCUT2D eigenvalue weighted by Crippen LogP contribution is -2.48. The van der Waals surface area contributed by atoms with Crippen molar-refractivity contribution in [1.29, 1.82) is 0 Å². The normalized spacial score (nSPS) is 22.5. The molecule has 27 heavy (non-hydrogen) atoms. The molecule has 1 aromatic heterocycles. The number of hydrogen-bond acceptors (Lipinski definition) is 5. The molecule has 1 saturated carbocycles. The monoisotopic (exact) mass is 412 g/mol. The zero-order valence-electron chi connectivity index (χ0n) is 14.8. The van der Waals surface area contributed by atoms with Gasteiger partial charge in [-0.05, 0) is 31.4 Å². The molecule has 1 amide bonds. The van der Waals surface area contributed by atoms with Gasteiger partial charge in [-0.1, -0.05) is 24.4 Å². The third kappa shape index (κ3) is 3.65. The van der Waals surface area contributed by atoms with E-state index < -0.39 is 15.6 Å².